The Balaban J connectivity index is 1.32. The van der Waals surface area contributed by atoms with Gasteiger partial charge in [0.15, 0.2) is 12.4 Å². The lowest BCUT2D eigenvalue weighted by Gasteiger charge is -2.30. The van der Waals surface area contributed by atoms with Gasteiger partial charge in [0.2, 0.25) is 15.9 Å². The summed E-state index contributed by atoms with van der Waals surface area (Å²) in [5.74, 6) is -2.99. The Morgan fingerprint density at radius 3 is 2.20 bits per heavy atom. The first kappa shape index (κ1) is 34.2. The molecule has 0 bridgehead atoms. The molecule has 0 radical (unpaired) electrons. The molecule has 2 aromatic carbocycles. The second-order valence-corrected chi connectivity index (χ2v) is 14.9. The van der Waals surface area contributed by atoms with Crippen LogP contribution in [0.5, 0.6) is 0 Å². The number of carboxylic acid groups (broad SMARTS) is 1. The summed E-state index contributed by atoms with van der Waals surface area (Å²) in [5.41, 5.74) is 0.774. The molecule has 2 unspecified atom stereocenters. The van der Waals surface area contributed by atoms with Crippen LogP contribution in [0.1, 0.15) is 41.6 Å². The van der Waals surface area contributed by atoms with Gasteiger partial charge in [0.25, 0.3) is 5.91 Å². The molecule has 1 aliphatic carbocycles. The summed E-state index contributed by atoms with van der Waals surface area (Å²) >= 11 is 24.2. The van der Waals surface area contributed by atoms with E-state index in [1.165, 1.54) is 30.3 Å². The van der Waals surface area contributed by atoms with E-state index in [2.05, 4.69) is 10.6 Å². The summed E-state index contributed by atoms with van der Waals surface area (Å²) in [6.45, 7) is 0.121. The molecule has 1 aromatic heterocycles. The number of hydrogen-bond acceptors (Lipinski definition) is 6. The number of carbonyl (C=O) groups excluding carboxylic acids is 2. The average molecular weight is 730 g/mol. The molecule has 1 aliphatic heterocycles. The smallest absolute Gasteiger partial charge is 0.326 e. The number of hydrogen-bond donors (Lipinski definition) is 3. The minimum atomic E-state index is -4.21. The van der Waals surface area contributed by atoms with Crippen LogP contribution in [0.3, 0.4) is 0 Å². The van der Waals surface area contributed by atoms with E-state index in [4.69, 9.17) is 46.4 Å². The largest absolute Gasteiger partial charge is 0.619 e. The Morgan fingerprint density at radius 2 is 1.59 bits per heavy atom. The first-order valence-corrected chi connectivity index (χ1v) is 17.2. The Labute approximate surface area is 285 Å². The molecule has 3 aromatic rings. The van der Waals surface area contributed by atoms with Gasteiger partial charge in [0.05, 0.1) is 10.5 Å². The predicted octanol–water partition coefficient (Wildman–Crippen LogP) is 5.18. The molecule has 4 atom stereocenters. The number of sulfonamides is 1. The highest BCUT2D eigenvalue weighted by Gasteiger charge is 2.51. The maximum atomic E-state index is 13.8. The van der Waals surface area contributed by atoms with Crippen LogP contribution in [0.15, 0.2) is 59.8 Å². The quantitative estimate of drug-likeness (QED) is 0.202. The van der Waals surface area contributed by atoms with Crippen molar-refractivity contribution >= 4 is 79.9 Å². The molecule has 46 heavy (non-hydrogen) atoms. The molecular weight excluding hydrogens is 702 g/mol. The van der Waals surface area contributed by atoms with Gasteiger partial charge in [0.1, 0.15) is 22.1 Å². The van der Waals surface area contributed by atoms with Crippen molar-refractivity contribution < 1.29 is 32.6 Å². The topological polar surface area (TPSA) is 160 Å². The number of aromatic nitrogens is 1. The number of fused-ring (bicyclic) bond motifs is 1. The number of carbonyl (C=O) groups is 3. The van der Waals surface area contributed by atoms with Crippen LogP contribution >= 0.6 is 46.4 Å². The maximum absolute atomic E-state index is 13.8. The Kier molecular flexibility index (Phi) is 10.4. The zero-order valence-electron chi connectivity index (χ0n) is 24.0. The SMILES string of the molecule is O=C(Nc1ccc(C[C@H](NC(=O)[C@@H]2C3CCCCC3CN2S(=O)(=O)c2cc(Cl)cc(Cl)c2)C(=O)O)cc1)c1c(Cl)c[n+]([O-])cc1Cl. The fourth-order valence-electron chi connectivity index (χ4n) is 6.15. The summed E-state index contributed by atoms with van der Waals surface area (Å²) in [6.07, 6.45) is 4.99. The zero-order valence-corrected chi connectivity index (χ0v) is 27.8. The third-order valence-electron chi connectivity index (χ3n) is 8.26. The molecule has 2 heterocycles. The summed E-state index contributed by atoms with van der Waals surface area (Å²) < 4.78 is 29.2. The molecule has 1 saturated carbocycles. The van der Waals surface area contributed by atoms with E-state index in [-0.39, 0.29) is 55.4 Å². The van der Waals surface area contributed by atoms with Crippen molar-refractivity contribution in [3.63, 3.8) is 0 Å². The molecule has 16 heteroatoms. The van der Waals surface area contributed by atoms with Crippen LogP contribution < -0.4 is 15.4 Å². The van der Waals surface area contributed by atoms with E-state index in [0.717, 1.165) is 36.0 Å². The van der Waals surface area contributed by atoms with Crippen LogP contribution in [-0.2, 0) is 26.0 Å². The van der Waals surface area contributed by atoms with Crippen LogP contribution in [0.4, 0.5) is 5.69 Å². The highest BCUT2D eigenvalue weighted by Crippen LogP contribution is 2.43. The third-order valence-corrected chi connectivity index (χ3v) is 11.1. The van der Waals surface area contributed by atoms with Gasteiger partial charge >= 0.3 is 5.97 Å². The van der Waals surface area contributed by atoms with Crippen LogP contribution in [0.25, 0.3) is 0 Å². The van der Waals surface area contributed by atoms with Crippen molar-refractivity contribution in [2.24, 2.45) is 11.8 Å². The number of nitrogens with zero attached hydrogens (tertiary/aromatic N) is 2. The number of anilines is 1. The number of carboxylic acids is 1. The van der Waals surface area contributed by atoms with Gasteiger partial charge in [-0.1, -0.05) is 71.4 Å². The number of nitrogens with one attached hydrogen (secondary N) is 2. The van der Waals surface area contributed by atoms with E-state index in [9.17, 15) is 33.1 Å². The highest BCUT2D eigenvalue weighted by molar-refractivity contribution is 7.89. The fraction of sp³-hybridized carbons (Fsp3) is 0.333. The minimum Gasteiger partial charge on any atom is -0.619 e. The number of halogens is 4. The average Bonchev–Trinajstić information content (AvgIpc) is 3.37. The van der Waals surface area contributed by atoms with E-state index in [1.54, 1.807) is 12.1 Å². The van der Waals surface area contributed by atoms with Gasteiger partial charge in [0, 0.05) is 28.7 Å². The van der Waals surface area contributed by atoms with Crippen molar-refractivity contribution in [1.82, 2.24) is 9.62 Å². The van der Waals surface area contributed by atoms with Gasteiger partial charge in [-0.2, -0.15) is 9.04 Å². The number of amides is 2. The molecule has 11 nitrogen and oxygen atoms in total. The van der Waals surface area contributed by atoms with Gasteiger partial charge in [-0.05, 0) is 60.6 Å². The predicted molar refractivity (Wildman–Crippen MR) is 173 cm³/mol. The fourth-order valence-corrected chi connectivity index (χ4v) is 9.19. The van der Waals surface area contributed by atoms with Crippen LogP contribution in [-0.4, -0.2) is 54.2 Å². The van der Waals surface area contributed by atoms with E-state index in [1.807, 2.05) is 0 Å². The molecule has 1 saturated heterocycles. The molecule has 2 aliphatic rings. The second-order valence-electron chi connectivity index (χ2n) is 11.3. The molecule has 244 valence electrons. The molecule has 0 spiro atoms. The van der Waals surface area contributed by atoms with E-state index < -0.39 is 39.9 Å². The van der Waals surface area contributed by atoms with Gasteiger partial charge < -0.3 is 20.9 Å². The highest BCUT2D eigenvalue weighted by atomic mass is 35.5. The second kappa shape index (κ2) is 13.9. The lowest BCUT2D eigenvalue weighted by Crippen LogP contribution is -2.53. The zero-order chi connectivity index (χ0) is 33.3. The van der Waals surface area contributed by atoms with Gasteiger partial charge in [-0.15, -0.1) is 0 Å². The Hall–Kier alpha value is -3.13. The van der Waals surface area contributed by atoms with Crippen LogP contribution in [0.2, 0.25) is 20.1 Å². The Morgan fingerprint density at radius 1 is 0.978 bits per heavy atom. The summed E-state index contributed by atoms with van der Waals surface area (Å²) in [5, 5.41) is 26.7. The Bertz CT molecular complexity index is 1750. The van der Waals surface area contributed by atoms with E-state index in [0.29, 0.717) is 22.4 Å². The summed E-state index contributed by atoms with van der Waals surface area (Å²) in [6, 6.07) is 7.68. The molecule has 2 amide bonds. The van der Waals surface area contributed by atoms with Gasteiger partial charge in [-0.3, -0.25) is 9.59 Å². The number of pyridine rings is 1. The summed E-state index contributed by atoms with van der Waals surface area (Å²) in [4.78, 5) is 38.6. The first-order valence-electron chi connectivity index (χ1n) is 14.2. The number of rotatable bonds is 9. The third kappa shape index (κ3) is 7.37. The van der Waals surface area contributed by atoms with Crippen LogP contribution in [0, 0.1) is 17.0 Å². The first-order chi connectivity index (χ1) is 21.7. The summed E-state index contributed by atoms with van der Waals surface area (Å²) in [7, 11) is -4.21. The normalized spacial score (nSPS) is 20.5. The maximum Gasteiger partial charge on any atom is 0.326 e. The minimum absolute atomic E-state index is 0.0540. The van der Waals surface area contributed by atoms with Gasteiger partial charge in [-0.25, -0.2) is 13.2 Å². The molecule has 5 rings (SSSR count). The van der Waals surface area contributed by atoms with Crippen molar-refractivity contribution in [2.75, 3.05) is 11.9 Å². The number of benzene rings is 2. The van der Waals surface area contributed by atoms with Crippen molar-refractivity contribution in [3.8, 4) is 0 Å². The lowest BCUT2D eigenvalue weighted by molar-refractivity contribution is -0.605. The lowest BCUT2D eigenvalue weighted by atomic mass is 9.78. The molecular formula is C30H28Cl4N4O7S. The monoisotopic (exact) mass is 728 g/mol. The standard InChI is InChI=1S/C30H28Cl4N4O7S/c31-18-10-19(32)12-21(11-18)46(44,45)38-13-17-3-1-2-4-22(17)27(38)29(40)36-25(30(41)42)9-16-5-7-20(8-6-16)35-28(39)26-23(33)14-37(43)15-24(26)34/h5-8,10-12,14-15,17,22,25,27H,1-4,9,13H2,(H,35,39)(H,36,40)(H,41,42)/t17?,22?,25-,27-/m0/s1. The van der Waals surface area contributed by atoms with Crippen molar-refractivity contribution in [3.05, 3.63) is 91.3 Å². The van der Waals surface area contributed by atoms with Crippen molar-refractivity contribution in [2.45, 2.75) is 49.1 Å². The molecule has 3 N–H and O–H groups in total. The molecule has 2 fully saturated rings. The van der Waals surface area contributed by atoms with Crippen molar-refractivity contribution in [1.29, 1.82) is 0 Å². The van der Waals surface area contributed by atoms with E-state index >= 15 is 0 Å². The number of aliphatic carboxylic acids is 1.